The number of para-hydroxylation sites is 1. The fraction of sp³-hybridized carbons (Fsp3) is 0.111. The van der Waals surface area contributed by atoms with Crippen LogP contribution in [0.15, 0.2) is 48.5 Å². The zero-order chi connectivity index (χ0) is 17.2. The number of hydrogen-bond donors (Lipinski definition) is 3. The molecule has 7 nitrogen and oxygen atoms in total. The largest absolute Gasteiger partial charge is 0.321 e. The minimum absolute atomic E-state index is 0.241. The summed E-state index contributed by atoms with van der Waals surface area (Å²) in [7, 11) is 0. The summed E-state index contributed by atoms with van der Waals surface area (Å²) in [6.07, 6.45) is 0.641. The van der Waals surface area contributed by atoms with Gasteiger partial charge in [0, 0.05) is 17.5 Å². The SMILES string of the molecule is Cc1nc(Cc2ccc(NC(=O)c3n[nH]c4ccccc34)cc2)n[nH]1. The van der Waals surface area contributed by atoms with Crippen LogP contribution >= 0.6 is 0 Å². The highest BCUT2D eigenvalue weighted by atomic mass is 16.1. The van der Waals surface area contributed by atoms with E-state index in [4.69, 9.17) is 0 Å². The van der Waals surface area contributed by atoms with Gasteiger partial charge >= 0.3 is 0 Å². The smallest absolute Gasteiger partial charge is 0.276 e. The Balaban J connectivity index is 1.48. The van der Waals surface area contributed by atoms with Crippen molar-refractivity contribution in [2.24, 2.45) is 0 Å². The predicted octanol–water partition coefficient (Wildman–Crippen LogP) is 2.83. The van der Waals surface area contributed by atoms with Crippen molar-refractivity contribution >= 4 is 22.5 Å². The first-order valence-electron chi connectivity index (χ1n) is 7.90. The van der Waals surface area contributed by atoms with Gasteiger partial charge in [0.05, 0.1) is 5.52 Å². The van der Waals surface area contributed by atoms with Crippen LogP contribution < -0.4 is 5.32 Å². The van der Waals surface area contributed by atoms with E-state index in [0.717, 1.165) is 28.1 Å². The molecule has 3 N–H and O–H groups in total. The zero-order valence-electron chi connectivity index (χ0n) is 13.6. The molecule has 0 saturated carbocycles. The molecule has 25 heavy (non-hydrogen) atoms. The summed E-state index contributed by atoms with van der Waals surface area (Å²) < 4.78 is 0. The molecule has 0 spiro atoms. The molecule has 0 aliphatic heterocycles. The van der Waals surface area contributed by atoms with Gasteiger partial charge in [-0.2, -0.15) is 10.2 Å². The summed E-state index contributed by atoms with van der Waals surface area (Å²) in [5.41, 5.74) is 3.01. The number of rotatable bonds is 4. The zero-order valence-corrected chi connectivity index (χ0v) is 13.6. The molecule has 0 fully saturated rings. The van der Waals surface area contributed by atoms with Crippen molar-refractivity contribution in [3.63, 3.8) is 0 Å². The van der Waals surface area contributed by atoms with Crippen LogP contribution in [0.25, 0.3) is 10.9 Å². The Labute approximate surface area is 143 Å². The number of carbonyl (C=O) groups is 1. The number of aromatic nitrogens is 5. The summed E-state index contributed by atoms with van der Waals surface area (Å²) in [5.74, 6) is 1.30. The van der Waals surface area contributed by atoms with Crippen LogP contribution in [0.4, 0.5) is 5.69 Å². The minimum atomic E-state index is -0.241. The van der Waals surface area contributed by atoms with Gasteiger partial charge in [0.15, 0.2) is 11.5 Å². The summed E-state index contributed by atoms with van der Waals surface area (Å²) in [4.78, 5) is 16.7. The molecule has 7 heteroatoms. The summed E-state index contributed by atoms with van der Waals surface area (Å²) in [6.45, 7) is 1.87. The topological polar surface area (TPSA) is 99.3 Å². The Bertz CT molecular complexity index is 1030. The Morgan fingerprint density at radius 2 is 1.84 bits per heavy atom. The van der Waals surface area contributed by atoms with Gasteiger partial charge in [-0.3, -0.25) is 15.0 Å². The third-order valence-corrected chi connectivity index (χ3v) is 3.90. The lowest BCUT2D eigenvalue weighted by Crippen LogP contribution is -2.12. The number of anilines is 1. The summed E-state index contributed by atoms with van der Waals surface area (Å²) >= 11 is 0. The van der Waals surface area contributed by atoms with E-state index in [-0.39, 0.29) is 5.91 Å². The second-order valence-electron chi connectivity index (χ2n) is 5.78. The first-order chi connectivity index (χ1) is 12.2. The molecule has 0 atom stereocenters. The minimum Gasteiger partial charge on any atom is -0.321 e. The van der Waals surface area contributed by atoms with Gasteiger partial charge in [0.1, 0.15) is 5.82 Å². The highest BCUT2D eigenvalue weighted by Crippen LogP contribution is 2.17. The second kappa shape index (κ2) is 6.20. The third kappa shape index (κ3) is 3.12. The van der Waals surface area contributed by atoms with E-state index in [2.05, 4.69) is 30.7 Å². The number of nitrogens with zero attached hydrogens (tertiary/aromatic N) is 3. The number of benzene rings is 2. The lowest BCUT2D eigenvalue weighted by atomic mass is 10.1. The Kier molecular flexibility index (Phi) is 3.74. The van der Waals surface area contributed by atoms with Crippen LogP contribution in [-0.2, 0) is 6.42 Å². The lowest BCUT2D eigenvalue weighted by Gasteiger charge is -2.05. The molecule has 2 aromatic heterocycles. The number of carbonyl (C=O) groups excluding carboxylic acids is 1. The van der Waals surface area contributed by atoms with Gasteiger partial charge in [0.25, 0.3) is 5.91 Å². The number of fused-ring (bicyclic) bond motifs is 1. The van der Waals surface area contributed by atoms with E-state index in [1.807, 2.05) is 55.5 Å². The van der Waals surface area contributed by atoms with Crippen LogP contribution in [0.2, 0.25) is 0 Å². The number of amides is 1. The van der Waals surface area contributed by atoms with Gasteiger partial charge in [0.2, 0.25) is 0 Å². The van der Waals surface area contributed by atoms with Gasteiger partial charge in [-0.15, -0.1) is 0 Å². The Morgan fingerprint density at radius 3 is 2.60 bits per heavy atom. The average molecular weight is 332 g/mol. The van der Waals surface area contributed by atoms with Crippen molar-refractivity contribution < 1.29 is 4.79 Å². The molecular formula is C18H16N6O. The molecule has 124 valence electrons. The quantitative estimate of drug-likeness (QED) is 0.535. The van der Waals surface area contributed by atoms with Crippen molar-refractivity contribution in [3.05, 3.63) is 71.4 Å². The Morgan fingerprint density at radius 1 is 1.04 bits per heavy atom. The van der Waals surface area contributed by atoms with E-state index >= 15 is 0 Å². The van der Waals surface area contributed by atoms with Crippen LogP contribution in [0.1, 0.15) is 27.7 Å². The lowest BCUT2D eigenvalue weighted by molar-refractivity contribution is 0.102. The molecule has 0 radical (unpaired) electrons. The van der Waals surface area contributed by atoms with Crippen LogP contribution in [0, 0.1) is 6.92 Å². The molecular weight excluding hydrogens is 316 g/mol. The molecule has 2 aromatic carbocycles. The van der Waals surface area contributed by atoms with Crippen molar-refractivity contribution in [2.75, 3.05) is 5.32 Å². The first kappa shape index (κ1) is 15.1. The van der Waals surface area contributed by atoms with Gasteiger partial charge in [-0.25, -0.2) is 4.98 Å². The fourth-order valence-electron chi connectivity index (χ4n) is 2.68. The van der Waals surface area contributed by atoms with Gasteiger partial charge < -0.3 is 5.32 Å². The van der Waals surface area contributed by atoms with E-state index in [0.29, 0.717) is 17.8 Å². The van der Waals surface area contributed by atoms with Crippen molar-refractivity contribution in [1.82, 2.24) is 25.4 Å². The monoisotopic (exact) mass is 332 g/mol. The number of aromatic amines is 2. The second-order valence-corrected chi connectivity index (χ2v) is 5.78. The van der Waals surface area contributed by atoms with E-state index in [1.165, 1.54) is 0 Å². The predicted molar refractivity (Wildman–Crippen MR) is 94.4 cm³/mol. The normalized spacial score (nSPS) is 10.9. The van der Waals surface area contributed by atoms with Gasteiger partial charge in [-0.05, 0) is 30.7 Å². The maximum Gasteiger partial charge on any atom is 0.276 e. The maximum atomic E-state index is 12.5. The van der Waals surface area contributed by atoms with E-state index < -0.39 is 0 Å². The molecule has 0 unspecified atom stereocenters. The molecule has 0 bridgehead atoms. The van der Waals surface area contributed by atoms with E-state index in [1.54, 1.807) is 0 Å². The van der Waals surface area contributed by atoms with Crippen molar-refractivity contribution in [2.45, 2.75) is 13.3 Å². The number of hydrogen-bond acceptors (Lipinski definition) is 4. The maximum absolute atomic E-state index is 12.5. The van der Waals surface area contributed by atoms with Crippen LogP contribution in [0.3, 0.4) is 0 Å². The number of H-pyrrole nitrogens is 2. The third-order valence-electron chi connectivity index (χ3n) is 3.90. The standard InChI is InChI=1S/C18H16N6O/c1-11-19-16(23-21-11)10-12-6-8-13(9-7-12)20-18(25)17-14-4-2-3-5-15(14)22-24-17/h2-9H,10H2,1H3,(H,20,25)(H,22,24)(H,19,21,23). The molecule has 4 aromatic rings. The van der Waals surface area contributed by atoms with Crippen molar-refractivity contribution in [3.8, 4) is 0 Å². The molecule has 1 amide bonds. The number of nitrogens with one attached hydrogen (secondary N) is 3. The van der Waals surface area contributed by atoms with Gasteiger partial charge in [-0.1, -0.05) is 30.3 Å². The molecule has 2 heterocycles. The van der Waals surface area contributed by atoms with Crippen LogP contribution in [0.5, 0.6) is 0 Å². The highest BCUT2D eigenvalue weighted by molar-refractivity contribution is 6.11. The molecule has 0 aliphatic rings. The summed E-state index contributed by atoms with van der Waals surface area (Å²) in [6, 6.07) is 15.2. The fourth-order valence-corrected chi connectivity index (χ4v) is 2.68. The highest BCUT2D eigenvalue weighted by Gasteiger charge is 2.13. The number of aryl methyl sites for hydroxylation is 1. The molecule has 0 saturated heterocycles. The van der Waals surface area contributed by atoms with E-state index in [9.17, 15) is 4.79 Å². The molecule has 0 aliphatic carbocycles. The Hall–Kier alpha value is -3.48. The molecule has 4 rings (SSSR count). The van der Waals surface area contributed by atoms with Crippen LogP contribution in [-0.4, -0.2) is 31.3 Å². The summed E-state index contributed by atoms with van der Waals surface area (Å²) in [5, 5.41) is 17.6. The van der Waals surface area contributed by atoms with Crippen molar-refractivity contribution in [1.29, 1.82) is 0 Å². The average Bonchev–Trinajstić information content (AvgIpc) is 3.23. The first-order valence-corrected chi connectivity index (χ1v) is 7.90.